The summed E-state index contributed by atoms with van der Waals surface area (Å²) < 4.78 is 2.16. The van der Waals surface area contributed by atoms with Gasteiger partial charge < -0.3 is 0 Å². The fourth-order valence-corrected chi connectivity index (χ4v) is 1.71. The Labute approximate surface area is 79.0 Å². The van der Waals surface area contributed by atoms with Gasteiger partial charge in [0.15, 0.2) is 6.20 Å². The van der Waals surface area contributed by atoms with E-state index in [9.17, 15) is 0 Å². The molecule has 0 fully saturated rings. The van der Waals surface area contributed by atoms with Crippen LogP contribution >= 0.6 is 0 Å². The van der Waals surface area contributed by atoms with E-state index in [2.05, 4.69) is 55.1 Å². The average molecular weight is 172 g/mol. The molecule has 0 bridgehead atoms. The molecule has 66 valence electrons. The molecule has 1 heteroatoms. The maximum atomic E-state index is 2.22. The third kappa shape index (κ3) is 1.42. The van der Waals surface area contributed by atoms with Crippen molar-refractivity contribution >= 4 is 5.57 Å². The Bertz CT molecular complexity index is 386. The van der Waals surface area contributed by atoms with E-state index in [1.165, 1.54) is 16.8 Å². The molecule has 13 heavy (non-hydrogen) atoms. The lowest BCUT2D eigenvalue weighted by atomic mass is 10.1. The summed E-state index contributed by atoms with van der Waals surface area (Å²) in [7, 11) is 2.09. The van der Waals surface area contributed by atoms with Gasteiger partial charge in [-0.2, -0.15) is 0 Å². The van der Waals surface area contributed by atoms with Gasteiger partial charge in [-0.05, 0) is 19.4 Å². The van der Waals surface area contributed by atoms with E-state index >= 15 is 0 Å². The second kappa shape index (κ2) is 3.17. The first-order valence-corrected chi connectivity index (χ1v) is 4.60. The Morgan fingerprint density at radius 2 is 2.15 bits per heavy atom. The Kier molecular flexibility index (Phi) is 2.01. The maximum Gasteiger partial charge on any atom is 0.212 e. The van der Waals surface area contributed by atoms with Crippen molar-refractivity contribution in [2.24, 2.45) is 7.05 Å². The van der Waals surface area contributed by atoms with Crippen LogP contribution in [0.1, 0.15) is 19.0 Å². The molecule has 1 nitrogen and oxygen atoms in total. The van der Waals surface area contributed by atoms with Gasteiger partial charge >= 0.3 is 0 Å². The number of hydrogen-bond donors (Lipinski definition) is 0. The topological polar surface area (TPSA) is 3.88 Å². The largest absolute Gasteiger partial charge is 0.212 e. The summed E-state index contributed by atoms with van der Waals surface area (Å²) in [6.07, 6.45) is 7.62. The molecule has 1 heterocycles. The minimum Gasteiger partial charge on any atom is -0.201 e. The lowest BCUT2D eigenvalue weighted by Crippen LogP contribution is -2.32. The zero-order valence-corrected chi connectivity index (χ0v) is 8.12. The van der Waals surface area contributed by atoms with Crippen LogP contribution in [0, 0.1) is 0 Å². The molecule has 0 aliphatic heterocycles. The van der Waals surface area contributed by atoms with Gasteiger partial charge in [0, 0.05) is 17.7 Å². The third-order valence-electron chi connectivity index (χ3n) is 2.50. The summed E-state index contributed by atoms with van der Waals surface area (Å²) in [4.78, 5) is 0. The van der Waals surface area contributed by atoms with Crippen LogP contribution in [-0.4, -0.2) is 0 Å². The van der Waals surface area contributed by atoms with Crippen molar-refractivity contribution in [1.82, 2.24) is 0 Å². The van der Waals surface area contributed by atoms with Crippen LogP contribution in [-0.2, 0) is 7.05 Å². The van der Waals surface area contributed by atoms with Crippen LogP contribution in [0.5, 0.6) is 0 Å². The molecule has 0 saturated heterocycles. The van der Waals surface area contributed by atoms with Gasteiger partial charge in [-0.3, -0.25) is 0 Å². The number of pyridine rings is 1. The molecule has 0 N–H and O–H groups in total. The number of hydrogen-bond acceptors (Lipinski definition) is 0. The molecule has 1 aromatic heterocycles. The normalized spacial score (nSPS) is 15.5. The van der Waals surface area contributed by atoms with Crippen LogP contribution in [0.2, 0.25) is 0 Å². The number of rotatable bonds is 1. The van der Waals surface area contributed by atoms with E-state index in [4.69, 9.17) is 0 Å². The highest BCUT2D eigenvalue weighted by atomic mass is 14.9. The Hall–Kier alpha value is -1.37. The van der Waals surface area contributed by atoms with E-state index in [0.29, 0.717) is 0 Å². The third-order valence-corrected chi connectivity index (χ3v) is 2.50. The number of aryl methyl sites for hydroxylation is 1. The minimum absolute atomic E-state index is 1.10. The Balaban J connectivity index is 2.52. The monoisotopic (exact) mass is 172 g/mol. The van der Waals surface area contributed by atoms with Crippen molar-refractivity contribution in [2.75, 3.05) is 0 Å². The second-order valence-corrected chi connectivity index (χ2v) is 3.50. The molecule has 0 spiro atoms. The van der Waals surface area contributed by atoms with Crippen molar-refractivity contribution in [3.63, 3.8) is 0 Å². The second-order valence-electron chi connectivity index (χ2n) is 3.50. The summed E-state index contributed by atoms with van der Waals surface area (Å²) in [5.74, 6) is 0. The van der Waals surface area contributed by atoms with Crippen molar-refractivity contribution < 1.29 is 4.57 Å². The number of nitrogens with zero attached hydrogens (tertiary/aromatic N) is 1. The molecule has 0 radical (unpaired) electrons. The molecule has 0 unspecified atom stereocenters. The summed E-state index contributed by atoms with van der Waals surface area (Å²) in [6, 6.07) is 6.30. The summed E-state index contributed by atoms with van der Waals surface area (Å²) >= 11 is 0. The predicted octanol–water partition coefficient (Wildman–Crippen LogP) is 2.24. The van der Waals surface area contributed by atoms with Gasteiger partial charge in [-0.15, -0.1) is 0 Å². The molecule has 2 rings (SSSR count). The van der Waals surface area contributed by atoms with E-state index in [0.717, 1.165) is 6.42 Å². The van der Waals surface area contributed by atoms with Gasteiger partial charge in [-0.1, -0.05) is 17.7 Å². The highest BCUT2D eigenvalue weighted by molar-refractivity contribution is 5.75. The van der Waals surface area contributed by atoms with E-state index in [1.807, 2.05) is 0 Å². The van der Waals surface area contributed by atoms with Crippen LogP contribution in [0.25, 0.3) is 5.57 Å². The lowest BCUT2D eigenvalue weighted by Gasteiger charge is -2.00. The standard InChI is InChI=1S/C12H14N/c1-10-6-5-7-11(10)12-8-3-4-9-13(12)2/h3-5,7-9H,6H2,1-2H3/q+1. The molecule has 0 amide bonds. The van der Waals surface area contributed by atoms with E-state index < -0.39 is 0 Å². The average Bonchev–Trinajstić information content (AvgIpc) is 2.52. The van der Waals surface area contributed by atoms with Crippen molar-refractivity contribution in [2.45, 2.75) is 13.3 Å². The first kappa shape index (κ1) is 8.24. The highest BCUT2D eigenvalue weighted by Gasteiger charge is 2.14. The first-order valence-electron chi connectivity index (χ1n) is 4.60. The summed E-state index contributed by atoms with van der Waals surface area (Å²) in [5.41, 5.74) is 4.14. The zero-order chi connectivity index (χ0) is 9.26. The summed E-state index contributed by atoms with van der Waals surface area (Å²) in [5, 5.41) is 0. The number of aromatic nitrogens is 1. The molecule has 0 aromatic carbocycles. The van der Waals surface area contributed by atoms with Gasteiger partial charge in [0.2, 0.25) is 5.69 Å². The van der Waals surface area contributed by atoms with Crippen molar-refractivity contribution in [1.29, 1.82) is 0 Å². The molecule has 1 aliphatic carbocycles. The van der Waals surface area contributed by atoms with Crippen LogP contribution in [0.15, 0.2) is 42.1 Å². The molecule has 0 atom stereocenters. The zero-order valence-electron chi connectivity index (χ0n) is 8.12. The Morgan fingerprint density at radius 1 is 1.31 bits per heavy atom. The molecular weight excluding hydrogens is 158 g/mol. The fourth-order valence-electron chi connectivity index (χ4n) is 1.71. The minimum atomic E-state index is 1.10. The number of allylic oxidation sites excluding steroid dienone is 4. The van der Waals surface area contributed by atoms with Gasteiger partial charge in [-0.25, -0.2) is 4.57 Å². The van der Waals surface area contributed by atoms with Crippen molar-refractivity contribution in [3.8, 4) is 0 Å². The molecule has 1 aliphatic rings. The van der Waals surface area contributed by atoms with Gasteiger partial charge in [0.1, 0.15) is 7.05 Å². The quantitative estimate of drug-likeness (QED) is 0.572. The molecule has 1 aromatic rings. The molecule has 0 saturated carbocycles. The van der Waals surface area contributed by atoms with Crippen molar-refractivity contribution in [3.05, 3.63) is 47.8 Å². The SMILES string of the molecule is CC1=C(c2cccc[n+]2C)C=CC1. The lowest BCUT2D eigenvalue weighted by molar-refractivity contribution is -0.673. The van der Waals surface area contributed by atoms with Gasteiger partial charge in [0.25, 0.3) is 0 Å². The molecular formula is C12H14N+. The van der Waals surface area contributed by atoms with Crippen LogP contribution in [0.3, 0.4) is 0 Å². The maximum absolute atomic E-state index is 2.22. The fraction of sp³-hybridized carbons (Fsp3) is 0.250. The van der Waals surface area contributed by atoms with E-state index in [-0.39, 0.29) is 0 Å². The Morgan fingerprint density at radius 3 is 2.77 bits per heavy atom. The van der Waals surface area contributed by atoms with E-state index in [1.54, 1.807) is 0 Å². The highest BCUT2D eigenvalue weighted by Crippen LogP contribution is 2.25. The smallest absolute Gasteiger partial charge is 0.201 e. The van der Waals surface area contributed by atoms with Crippen LogP contribution in [0.4, 0.5) is 0 Å². The summed E-state index contributed by atoms with van der Waals surface area (Å²) in [6.45, 7) is 2.20. The van der Waals surface area contributed by atoms with Gasteiger partial charge in [0.05, 0.1) is 0 Å². The predicted molar refractivity (Wildman–Crippen MR) is 54.0 cm³/mol. The first-order chi connectivity index (χ1) is 6.29. The van der Waals surface area contributed by atoms with Crippen LogP contribution < -0.4 is 4.57 Å².